The Morgan fingerprint density at radius 2 is 0.734 bits per heavy atom. The van der Waals surface area contributed by atoms with E-state index in [0.717, 1.165) is 66.2 Å². The normalized spacial score (nSPS) is 16.1. The summed E-state index contributed by atoms with van der Waals surface area (Å²) in [7, 11) is 0. The summed E-state index contributed by atoms with van der Waals surface area (Å²) in [5, 5.41) is 1.45. The summed E-state index contributed by atoms with van der Waals surface area (Å²) in [6, 6.07) is 54.4. The van der Waals surface area contributed by atoms with Gasteiger partial charge in [-0.05, 0) is 213 Å². The van der Waals surface area contributed by atoms with Gasteiger partial charge in [0.25, 0.3) is 0 Å². The van der Waals surface area contributed by atoms with Crippen LogP contribution in [0.1, 0.15) is 155 Å². The largest absolute Gasteiger partial charge is 0.458 e. The quantitative estimate of drug-likeness (QED) is 0.00904. The zero-order valence-electron chi connectivity index (χ0n) is 60.8. The van der Waals surface area contributed by atoms with Crippen LogP contribution < -0.4 is 58.9 Å². The molecule has 2 aromatic heterocycles. The van der Waals surface area contributed by atoms with E-state index in [2.05, 4.69) is 13.8 Å². The number of anilines is 2. The molecule has 10 aromatic rings. The number of carbonyl (C=O) groups is 8. The molecule has 0 bridgehead atoms. The van der Waals surface area contributed by atoms with E-state index in [1.54, 1.807) is 140 Å². The predicted molar refractivity (Wildman–Crippen MR) is 404 cm³/mol. The summed E-state index contributed by atoms with van der Waals surface area (Å²) in [5.74, 6) is -6.36. The number of unbranched alkanes of at least 4 members (excludes halogenated alkanes) is 6. The van der Waals surface area contributed by atoms with Gasteiger partial charge in [0.15, 0.2) is 0 Å². The van der Waals surface area contributed by atoms with Gasteiger partial charge in [-0.2, -0.15) is 0 Å². The fraction of sp³-hybridized carbons (Fsp3) is 0.287. The van der Waals surface area contributed by atoms with E-state index in [-0.39, 0.29) is 97.3 Å². The lowest BCUT2D eigenvalue weighted by molar-refractivity contribution is -0.135. The molecule has 4 amide bonds. The summed E-state index contributed by atoms with van der Waals surface area (Å²) in [4.78, 5) is 139. The number of nitrogens with zero attached hydrogens (tertiary/aromatic N) is 2. The van der Waals surface area contributed by atoms with Crippen LogP contribution in [0.3, 0.4) is 0 Å². The maximum absolute atomic E-state index is 15.5. The number of ether oxygens (including phenoxy) is 8. The van der Waals surface area contributed by atoms with Crippen LogP contribution in [-0.4, -0.2) is 61.1 Å². The predicted octanol–water partition coefficient (Wildman–Crippen LogP) is 16.6. The molecule has 109 heavy (non-hydrogen) atoms. The van der Waals surface area contributed by atoms with Crippen molar-refractivity contribution in [3.05, 3.63) is 249 Å². The first kappa shape index (κ1) is 76.2. The van der Waals surface area contributed by atoms with E-state index < -0.39 is 82.4 Å². The van der Waals surface area contributed by atoms with Gasteiger partial charge >= 0.3 is 35.1 Å². The van der Waals surface area contributed by atoms with Gasteiger partial charge in [0.2, 0.25) is 37.2 Å². The second-order valence-electron chi connectivity index (χ2n) is 27.2. The SMILES string of the molecule is CCCCCCC(=O)Oc1ccc(C(C)CC2C(=O)N(c3ccc(OC(=O)CCCCCC)cc3)C(=O)C2CC(CC2C(=O)N(c3ccc(OC(=O)c4ccc(OCOc5ccc6ccc(=O)oc6c5)cc4)cc3)C(=O)C2C)c2ccc(OC(=O)c3ccc(OCOc4ccc5ccc(=O)oc5c4)cc3)cc2)cc1. The van der Waals surface area contributed by atoms with E-state index in [9.17, 15) is 33.6 Å². The lowest BCUT2D eigenvalue weighted by Crippen LogP contribution is -2.31. The van der Waals surface area contributed by atoms with Crippen molar-refractivity contribution in [3.63, 3.8) is 0 Å². The Balaban J connectivity index is 0.767. The average molecular weight is 1480 g/mol. The van der Waals surface area contributed by atoms with Gasteiger partial charge in [-0.3, -0.25) is 38.6 Å². The Kier molecular flexibility index (Phi) is 25.0. The van der Waals surface area contributed by atoms with Crippen LogP contribution in [0.5, 0.6) is 46.0 Å². The van der Waals surface area contributed by atoms with E-state index in [0.29, 0.717) is 51.9 Å². The molecule has 0 N–H and O–H groups in total. The van der Waals surface area contributed by atoms with Crippen molar-refractivity contribution in [1.29, 1.82) is 0 Å². The number of benzene rings is 8. The number of esters is 4. The Morgan fingerprint density at radius 3 is 1.18 bits per heavy atom. The maximum Gasteiger partial charge on any atom is 0.343 e. The zero-order chi connectivity index (χ0) is 76.5. The van der Waals surface area contributed by atoms with Crippen LogP contribution in [0.4, 0.5) is 11.4 Å². The molecule has 2 saturated heterocycles. The highest BCUT2D eigenvalue weighted by atomic mass is 16.7. The van der Waals surface area contributed by atoms with E-state index in [4.69, 9.17) is 46.7 Å². The highest BCUT2D eigenvalue weighted by Crippen LogP contribution is 2.46. The molecular formula is C87H82N2O20. The van der Waals surface area contributed by atoms with Gasteiger partial charge in [-0.1, -0.05) is 90.5 Å². The minimum Gasteiger partial charge on any atom is -0.458 e. The molecule has 0 spiro atoms. The Hall–Kier alpha value is -12.5. The van der Waals surface area contributed by atoms with Crippen molar-refractivity contribution < 1.29 is 85.1 Å². The molecule has 12 rings (SSSR count). The van der Waals surface area contributed by atoms with Gasteiger partial charge in [-0.15, -0.1) is 0 Å². The molecule has 2 aliphatic rings. The molecule has 8 aromatic carbocycles. The summed E-state index contributed by atoms with van der Waals surface area (Å²) in [6.45, 7) is 7.42. The number of carbonyl (C=O) groups excluding carboxylic acids is 8. The van der Waals surface area contributed by atoms with E-state index in [1.807, 2.05) is 19.1 Å². The minimum atomic E-state index is -0.998. The lowest BCUT2D eigenvalue weighted by Gasteiger charge is -2.27. The van der Waals surface area contributed by atoms with Crippen molar-refractivity contribution in [2.75, 3.05) is 23.4 Å². The first-order valence-corrected chi connectivity index (χ1v) is 36.7. The topological polar surface area (TPSA) is 277 Å². The molecule has 6 atom stereocenters. The number of amides is 4. The van der Waals surface area contributed by atoms with Gasteiger partial charge in [-0.25, -0.2) is 19.2 Å². The highest BCUT2D eigenvalue weighted by molar-refractivity contribution is 6.23. The second-order valence-corrected chi connectivity index (χ2v) is 27.2. The summed E-state index contributed by atoms with van der Waals surface area (Å²) >= 11 is 0. The van der Waals surface area contributed by atoms with Crippen LogP contribution in [0.25, 0.3) is 21.9 Å². The van der Waals surface area contributed by atoms with Gasteiger partial charge in [0.05, 0.1) is 40.3 Å². The smallest absolute Gasteiger partial charge is 0.343 e. The molecule has 22 heteroatoms. The monoisotopic (exact) mass is 1470 g/mol. The number of fused-ring (bicyclic) bond motifs is 2. The number of hydrogen-bond donors (Lipinski definition) is 0. The Morgan fingerprint density at radius 1 is 0.376 bits per heavy atom. The standard InChI is InChI=1S/C87H82N2O20/c1-5-7-9-11-13-78(90)104-67-35-15-56(16-36-67)54(3)47-74-75(85(97)89(84(74)96)64-27-41-68(42-28-64)105-79(91)14-12-10-8-6-2)49-62(57-17-37-69(38-18-57)106-86(98)60-21-31-65(32-22-60)100-52-102-71-39-19-58-25-45-80(92)108-76(58)50-71)48-73-55(4)82(94)88(83(73)95)63-29-43-70(44-30-63)107-87(99)61-23-33-66(34-24-61)101-53-103-72-40-20-59-26-46-81(93)109-77(59)51-72/h15-46,50-51,54-55,62,73-75H,5-14,47-49,52-53H2,1-4H3. The molecule has 2 aliphatic heterocycles. The molecule has 22 nitrogen and oxygen atoms in total. The third kappa shape index (κ3) is 19.4. The van der Waals surface area contributed by atoms with Crippen molar-refractivity contribution in [2.45, 2.75) is 123 Å². The number of rotatable bonds is 34. The van der Waals surface area contributed by atoms with Crippen molar-refractivity contribution in [1.82, 2.24) is 0 Å². The average Bonchev–Trinajstić information content (AvgIpc) is 1.62. The number of imide groups is 2. The van der Waals surface area contributed by atoms with Crippen LogP contribution >= 0.6 is 0 Å². The lowest BCUT2D eigenvalue weighted by atomic mass is 9.75. The molecule has 4 heterocycles. The Bertz CT molecular complexity index is 5030. The fourth-order valence-electron chi connectivity index (χ4n) is 13.5. The summed E-state index contributed by atoms with van der Waals surface area (Å²) in [5.41, 5.74) is 2.04. The van der Waals surface area contributed by atoms with Crippen molar-refractivity contribution in [2.24, 2.45) is 23.7 Å². The molecule has 0 radical (unpaired) electrons. The zero-order valence-corrected chi connectivity index (χ0v) is 60.8. The van der Waals surface area contributed by atoms with Gasteiger partial charge < -0.3 is 46.7 Å². The molecule has 2 fully saturated rings. The minimum absolute atomic E-state index is 0.0160. The summed E-state index contributed by atoms with van der Waals surface area (Å²) in [6.07, 6.45) is 8.02. The molecule has 0 saturated carbocycles. The number of hydrogen-bond acceptors (Lipinski definition) is 20. The maximum atomic E-state index is 15.5. The molecule has 6 unspecified atom stereocenters. The molecular weight excluding hydrogens is 1390 g/mol. The van der Waals surface area contributed by atoms with Gasteiger partial charge in [0.1, 0.15) is 57.2 Å². The third-order valence-corrected chi connectivity index (χ3v) is 19.6. The van der Waals surface area contributed by atoms with Crippen LogP contribution in [0.15, 0.2) is 225 Å². The first-order chi connectivity index (χ1) is 52.8. The fourth-order valence-corrected chi connectivity index (χ4v) is 13.5. The molecule has 560 valence electrons. The summed E-state index contributed by atoms with van der Waals surface area (Å²) < 4.78 is 56.3. The van der Waals surface area contributed by atoms with E-state index >= 15 is 14.4 Å². The van der Waals surface area contributed by atoms with E-state index in [1.165, 1.54) is 65.6 Å². The van der Waals surface area contributed by atoms with Crippen LogP contribution in [0.2, 0.25) is 0 Å². The second kappa shape index (κ2) is 35.8. The Labute approximate surface area is 628 Å². The van der Waals surface area contributed by atoms with Gasteiger partial charge in [0, 0.05) is 53.8 Å². The van der Waals surface area contributed by atoms with Crippen molar-refractivity contribution >= 4 is 80.8 Å². The van der Waals surface area contributed by atoms with Crippen LogP contribution in [-0.2, 0) is 28.8 Å². The van der Waals surface area contributed by atoms with Crippen LogP contribution in [0, 0.1) is 23.7 Å². The van der Waals surface area contributed by atoms with Crippen molar-refractivity contribution in [3.8, 4) is 46.0 Å². The first-order valence-electron chi connectivity index (χ1n) is 36.7. The molecule has 0 aliphatic carbocycles. The third-order valence-electron chi connectivity index (χ3n) is 19.6. The highest BCUT2D eigenvalue weighted by Gasteiger charge is 2.51.